The van der Waals surface area contributed by atoms with Gasteiger partial charge in [0.15, 0.2) is 6.10 Å². The van der Waals surface area contributed by atoms with Gasteiger partial charge in [-0.15, -0.1) is 0 Å². The number of aryl methyl sites for hydroxylation is 2. The number of nitrogens with zero attached hydrogens (tertiary/aromatic N) is 3. The Kier molecular flexibility index (Phi) is 6.19. The number of morpholine rings is 1. The highest BCUT2D eigenvalue weighted by Gasteiger charge is 2.23. The van der Waals surface area contributed by atoms with Crippen LogP contribution in [0.4, 0.5) is 0 Å². The van der Waals surface area contributed by atoms with E-state index in [1.54, 1.807) is 6.20 Å². The summed E-state index contributed by atoms with van der Waals surface area (Å²) in [4.78, 5) is 18.8. The summed E-state index contributed by atoms with van der Waals surface area (Å²) in [7, 11) is 1.92. The molecule has 1 aromatic carbocycles. The molecule has 6 heteroatoms. The van der Waals surface area contributed by atoms with Gasteiger partial charge in [0.1, 0.15) is 5.82 Å². The number of ether oxygens (including phenoxy) is 2. The molecule has 0 bridgehead atoms. The van der Waals surface area contributed by atoms with E-state index in [1.165, 1.54) is 5.56 Å². The van der Waals surface area contributed by atoms with Crippen molar-refractivity contribution in [2.45, 2.75) is 18.9 Å². The number of carbonyl (C=O) groups excluding carboxylic acids is 1. The summed E-state index contributed by atoms with van der Waals surface area (Å²) in [5.41, 5.74) is 1.23. The summed E-state index contributed by atoms with van der Waals surface area (Å²) in [6.45, 7) is 3.18. The molecule has 6 nitrogen and oxygen atoms in total. The number of esters is 1. The molecule has 25 heavy (non-hydrogen) atoms. The van der Waals surface area contributed by atoms with E-state index in [0.29, 0.717) is 26.2 Å². The molecule has 0 amide bonds. The van der Waals surface area contributed by atoms with Gasteiger partial charge in [0.2, 0.25) is 0 Å². The van der Waals surface area contributed by atoms with Crippen molar-refractivity contribution in [2.24, 2.45) is 7.05 Å². The van der Waals surface area contributed by atoms with E-state index in [4.69, 9.17) is 9.47 Å². The van der Waals surface area contributed by atoms with E-state index in [2.05, 4.69) is 22.0 Å². The molecule has 2 aromatic rings. The van der Waals surface area contributed by atoms with E-state index in [9.17, 15) is 4.79 Å². The largest absolute Gasteiger partial charge is 0.453 e. The standard InChI is InChI=1S/C19H25N3O3/c1-21-10-9-20-19(21)17(8-7-16-5-3-2-4-6-16)25-18(23)15-22-11-13-24-14-12-22/h2-6,9-10,17H,7-8,11-15H2,1H3. The minimum absolute atomic E-state index is 0.206. The van der Waals surface area contributed by atoms with E-state index in [1.807, 2.05) is 36.0 Å². The van der Waals surface area contributed by atoms with Crippen LogP contribution in [0.15, 0.2) is 42.7 Å². The number of hydrogen-bond acceptors (Lipinski definition) is 5. The maximum Gasteiger partial charge on any atom is 0.320 e. The third kappa shape index (κ3) is 5.14. The van der Waals surface area contributed by atoms with Gasteiger partial charge >= 0.3 is 5.97 Å². The topological polar surface area (TPSA) is 56.6 Å². The Morgan fingerprint density at radius 1 is 1.28 bits per heavy atom. The quantitative estimate of drug-likeness (QED) is 0.720. The Balaban J connectivity index is 1.61. The molecule has 1 aliphatic heterocycles. The molecule has 0 spiro atoms. The first-order valence-corrected chi connectivity index (χ1v) is 8.73. The number of carbonyl (C=O) groups is 1. The van der Waals surface area contributed by atoms with Crippen molar-refractivity contribution in [1.29, 1.82) is 0 Å². The van der Waals surface area contributed by atoms with Crippen molar-refractivity contribution in [3.8, 4) is 0 Å². The predicted octanol–water partition coefficient (Wildman–Crippen LogP) is 1.97. The average molecular weight is 343 g/mol. The number of hydrogen-bond donors (Lipinski definition) is 0. The highest BCUT2D eigenvalue weighted by molar-refractivity contribution is 5.72. The predicted molar refractivity (Wildman–Crippen MR) is 94.1 cm³/mol. The van der Waals surface area contributed by atoms with Crippen molar-refractivity contribution >= 4 is 5.97 Å². The first kappa shape index (κ1) is 17.6. The second kappa shape index (κ2) is 8.78. The smallest absolute Gasteiger partial charge is 0.320 e. The maximum atomic E-state index is 12.4. The zero-order valence-electron chi connectivity index (χ0n) is 14.6. The van der Waals surface area contributed by atoms with Crippen molar-refractivity contribution in [2.75, 3.05) is 32.8 Å². The summed E-state index contributed by atoms with van der Waals surface area (Å²) >= 11 is 0. The average Bonchev–Trinajstić information content (AvgIpc) is 3.06. The molecule has 1 saturated heterocycles. The molecule has 1 fully saturated rings. The highest BCUT2D eigenvalue weighted by Crippen LogP contribution is 2.22. The van der Waals surface area contributed by atoms with Gasteiger partial charge in [-0.05, 0) is 18.4 Å². The summed E-state index contributed by atoms with van der Waals surface area (Å²) in [6.07, 6.45) is 4.82. The van der Waals surface area contributed by atoms with Crippen LogP contribution in [0, 0.1) is 0 Å². The maximum absolute atomic E-state index is 12.4. The Hall–Kier alpha value is -2.18. The van der Waals surface area contributed by atoms with Crippen LogP contribution in [0.2, 0.25) is 0 Å². The first-order valence-electron chi connectivity index (χ1n) is 8.73. The Bertz CT molecular complexity index is 666. The van der Waals surface area contributed by atoms with Gasteiger partial charge in [0, 0.05) is 32.5 Å². The summed E-state index contributed by atoms with van der Waals surface area (Å²) in [5.74, 6) is 0.578. The van der Waals surface area contributed by atoms with Crippen LogP contribution in [0.5, 0.6) is 0 Å². The van der Waals surface area contributed by atoms with Gasteiger partial charge in [-0.2, -0.15) is 0 Å². The lowest BCUT2D eigenvalue weighted by Crippen LogP contribution is -2.40. The van der Waals surface area contributed by atoms with Crippen LogP contribution < -0.4 is 0 Å². The van der Waals surface area contributed by atoms with Crippen LogP contribution in [-0.4, -0.2) is 53.3 Å². The second-order valence-corrected chi connectivity index (χ2v) is 6.29. The normalized spacial score (nSPS) is 16.5. The van der Waals surface area contributed by atoms with Crippen LogP contribution in [0.25, 0.3) is 0 Å². The third-order valence-corrected chi connectivity index (χ3v) is 4.41. The number of imidazole rings is 1. The van der Waals surface area contributed by atoms with Gasteiger partial charge in [0.05, 0.1) is 19.8 Å². The Labute approximate surface area is 148 Å². The van der Waals surface area contributed by atoms with E-state index in [-0.39, 0.29) is 12.1 Å². The molecule has 1 aliphatic rings. The fourth-order valence-corrected chi connectivity index (χ4v) is 3.01. The lowest BCUT2D eigenvalue weighted by molar-refractivity contribution is -0.152. The monoisotopic (exact) mass is 343 g/mol. The Morgan fingerprint density at radius 2 is 2.04 bits per heavy atom. The van der Waals surface area contributed by atoms with Crippen LogP contribution >= 0.6 is 0 Å². The number of rotatable bonds is 7. The van der Waals surface area contributed by atoms with Gasteiger partial charge < -0.3 is 14.0 Å². The molecule has 0 saturated carbocycles. The molecular weight excluding hydrogens is 318 g/mol. The van der Waals surface area contributed by atoms with Crippen molar-refractivity contribution in [3.05, 3.63) is 54.1 Å². The molecular formula is C19H25N3O3. The van der Waals surface area contributed by atoms with Crippen molar-refractivity contribution in [3.63, 3.8) is 0 Å². The van der Waals surface area contributed by atoms with Gasteiger partial charge in [-0.3, -0.25) is 9.69 Å². The highest BCUT2D eigenvalue weighted by atomic mass is 16.5. The van der Waals surface area contributed by atoms with Crippen LogP contribution in [0.1, 0.15) is 23.9 Å². The molecule has 1 unspecified atom stereocenters. The van der Waals surface area contributed by atoms with E-state index in [0.717, 1.165) is 25.3 Å². The molecule has 1 aromatic heterocycles. The zero-order valence-corrected chi connectivity index (χ0v) is 14.6. The fourth-order valence-electron chi connectivity index (χ4n) is 3.01. The summed E-state index contributed by atoms with van der Waals surface area (Å²) in [6, 6.07) is 10.2. The molecule has 134 valence electrons. The van der Waals surface area contributed by atoms with E-state index >= 15 is 0 Å². The molecule has 0 radical (unpaired) electrons. The molecule has 3 rings (SSSR count). The van der Waals surface area contributed by atoms with Crippen LogP contribution in [0.3, 0.4) is 0 Å². The lowest BCUT2D eigenvalue weighted by Gasteiger charge is -2.26. The van der Waals surface area contributed by atoms with E-state index < -0.39 is 0 Å². The molecule has 0 N–H and O–H groups in total. The second-order valence-electron chi connectivity index (χ2n) is 6.29. The zero-order chi connectivity index (χ0) is 17.5. The number of benzene rings is 1. The minimum Gasteiger partial charge on any atom is -0.453 e. The first-order chi connectivity index (χ1) is 12.2. The minimum atomic E-state index is -0.339. The van der Waals surface area contributed by atoms with Crippen molar-refractivity contribution in [1.82, 2.24) is 14.5 Å². The molecule has 1 atom stereocenters. The van der Waals surface area contributed by atoms with Crippen molar-refractivity contribution < 1.29 is 14.3 Å². The Morgan fingerprint density at radius 3 is 2.72 bits per heavy atom. The van der Waals surface area contributed by atoms with Crippen LogP contribution in [-0.2, 0) is 27.7 Å². The number of aromatic nitrogens is 2. The third-order valence-electron chi connectivity index (χ3n) is 4.41. The van der Waals surface area contributed by atoms with Gasteiger partial charge in [-0.1, -0.05) is 30.3 Å². The summed E-state index contributed by atoms with van der Waals surface area (Å²) < 4.78 is 13.0. The molecule has 2 heterocycles. The fraction of sp³-hybridized carbons (Fsp3) is 0.474. The van der Waals surface area contributed by atoms with Gasteiger partial charge in [-0.25, -0.2) is 4.98 Å². The van der Waals surface area contributed by atoms with Gasteiger partial charge in [0.25, 0.3) is 0 Å². The molecule has 0 aliphatic carbocycles. The summed E-state index contributed by atoms with van der Waals surface area (Å²) in [5, 5.41) is 0. The SMILES string of the molecule is Cn1ccnc1C(CCc1ccccc1)OC(=O)CN1CCOCC1. The lowest BCUT2D eigenvalue weighted by atomic mass is 10.1.